The van der Waals surface area contributed by atoms with Gasteiger partial charge in [0.05, 0.1) is 24.9 Å². The van der Waals surface area contributed by atoms with E-state index in [1.165, 1.54) is 5.56 Å². The molecular weight excluding hydrogens is 388 g/mol. The van der Waals surface area contributed by atoms with Gasteiger partial charge in [0, 0.05) is 42.9 Å². The van der Waals surface area contributed by atoms with Crippen molar-refractivity contribution in [1.29, 1.82) is 0 Å². The third kappa shape index (κ3) is 5.09. The van der Waals surface area contributed by atoms with Crippen LogP contribution in [-0.4, -0.2) is 40.1 Å². The lowest BCUT2D eigenvalue weighted by atomic mass is 10.0. The number of rotatable bonds is 8. The maximum Gasteiger partial charge on any atom is 0.123 e. The number of aromatic nitrogens is 3. The van der Waals surface area contributed by atoms with Crippen LogP contribution >= 0.6 is 0 Å². The zero-order valence-electron chi connectivity index (χ0n) is 18.5. The van der Waals surface area contributed by atoms with Crippen molar-refractivity contribution >= 4 is 0 Å². The van der Waals surface area contributed by atoms with Crippen LogP contribution in [0.15, 0.2) is 49.1 Å². The van der Waals surface area contributed by atoms with Crippen molar-refractivity contribution in [2.45, 2.75) is 45.9 Å². The van der Waals surface area contributed by atoms with Gasteiger partial charge >= 0.3 is 0 Å². The van der Waals surface area contributed by atoms with Gasteiger partial charge in [0.25, 0.3) is 0 Å². The first kappa shape index (κ1) is 21.4. The minimum absolute atomic E-state index is 0.281. The summed E-state index contributed by atoms with van der Waals surface area (Å²) in [5.74, 6) is 0.951. The second-order valence-electron chi connectivity index (χ2n) is 7.99. The molecule has 1 aliphatic heterocycles. The first-order valence-corrected chi connectivity index (χ1v) is 10.9. The Kier molecular flexibility index (Phi) is 6.89. The van der Waals surface area contributed by atoms with Crippen LogP contribution < -0.4 is 4.74 Å². The molecule has 3 heterocycles. The lowest BCUT2D eigenvalue weighted by molar-refractivity contribution is 0.184. The molecule has 31 heavy (non-hydrogen) atoms. The summed E-state index contributed by atoms with van der Waals surface area (Å²) in [5, 5.41) is 0. The van der Waals surface area contributed by atoms with E-state index in [0.717, 1.165) is 59.8 Å². The van der Waals surface area contributed by atoms with Crippen LogP contribution in [0.4, 0.5) is 0 Å². The average molecular weight is 419 g/mol. The molecule has 1 aromatic carbocycles. The topological polar surface area (TPSA) is 60.4 Å². The highest BCUT2D eigenvalue weighted by Gasteiger charge is 2.28. The smallest absolute Gasteiger partial charge is 0.123 e. The maximum atomic E-state index is 5.92. The fourth-order valence-electron chi connectivity index (χ4n) is 4.36. The number of methoxy groups -OCH3 is 1. The number of ether oxygens (including phenoxy) is 2. The summed E-state index contributed by atoms with van der Waals surface area (Å²) in [5.41, 5.74) is 6.63. The average Bonchev–Trinajstić information content (AvgIpc) is 3.24. The van der Waals surface area contributed by atoms with Gasteiger partial charge in [0.2, 0.25) is 0 Å². The summed E-state index contributed by atoms with van der Waals surface area (Å²) >= 11 is 0. The predicted molar refractivity (Wildman–Crippen MR) is 121 cm³/mol. The normalized spacial score (nSPS) is 16.5. The Morgan fingerprint density at radius 1 is 1.10 bits per heavy atom. The van der Waals surface area contributed by atoms with Gasteiger partial charge in [-0.05, 0) is 68.6 Å². The molecule has 162 valence electrons. The van der Waals surface area contributed by atoms with E-state index in [-0.39, 0.29) is 6.04 Å². The highest BCUT2D eigenvalue weighted by Crippen LogP contribution is 2.35. The molecule has 1 atom stereocenters. The van der Waals surface area contributed by atoms with Crippen LogP contribution in [0.2, 0.25) is 0 Å². The van der Waals surface area contributed by atoms with Gasteiger partial charge in [-0.1, -0.05) is 6.07 Å². The molecule has 0 spiro atoms. The maximum absolute atomic E-state index is 5.92. The Balaban J connectivity index is 1.62. The van der Waals surface area contributed by atoms with E-state index in [2.05, 4.69) is 52.1 Å². The van der Waals surface area contributed by atoms with E-state index in [1.807, 2.05) is 19.3 Å². The third-order valence-electron chi connectivity index (χ3n) is 5.68. The summed E-state index contributed by atoms with van der Waals surface area (Å²) in [4.78, 5) is 15.8. The fourth-order valence-corrected chi connectivity index (χ4v) is 4.36. The molecule has 0 bridgehead atoms. The Labute approximate surface area is 184 Å². The second kappa shape index (κ2) is 9.98. The molecule has 0 radical (unpaired) electrons. The van der Waals surface area contributed by atoms with E-state index < -0.39 is 0 Å². The molecule has 2 aromatic heterocycles. The van der Waals surface area contributed by atoms with E-state index in [9.17, 15) is 0 Å². The summed E-state index contributed by atoms with van der Waals surface area (Å²) in [7, 11) is 1.73. The lowest BCUT2D eigenvalue weighted by Crippen LogP contribution is -2.24. The molecule has 4 rings (SSSR count). The Morgan fingerprint density at radius 2 is 1.94 bits per heavy atom. The third-order valence-corrected chi connectivity index (χ3v) is 5.68. The van der Waals surface area contributed by atoms with Crippen LogP contribution in [0, 0.1) is 6.92 Å². The monoisotopic (exact) mass is 418 g/mol. The zero-order chi connectivity index (χ0) is 21.6. The van der Waals surface area contributed by atoms with Gasteiger partial charge in [0.1, 0.15) is 12.1 Å². The fraction of sp³-hybridized carbons (Fsp3) is 0.400. The summed E-state index contributed by atoms with van der Waals surface area (Å²) in [6, 6.07) is 10.9. The van der Waals surface area contributed by atoms with Crippen molar-refractivity contribution in [3.8, 4) is 16.9 Å². The van der Waals surface area contributed by atoms with E-state index >= 15 is 0 Å². The molecule has 0 amide bonds. The molecule has 1 fully saturated rings. The highest BCUT2D eigenvalue weighted by atomic mass is 16.5. The Bertz CT molecular complexity index is 1010. The van der Waals surface area contributed by atoms with Crippen LogP contribution in [0.1, 0.15) is 48.3 Å². The molecule has 0 N–H and O–H groups in total. The zero-order valence-corrected chi connectivity index (χ0v) is 18.5. The number of nitrogens with zero attached hydrogens (tertiary/aromatic N) is 4. The van der Waals surface area contributed by atoms with E-state index in [1.54, 1.807) is 13.4 Å². The number of aryl methyl sites for hydroxylation is 1. The largest absolute Gasteiger partial charge is 0.494 e. The van der Waals surface area contributed by atoms with Crippen molar-refractivity contribution in [2.75, 3.05) is 20.3 Å². The van der Waals surface area contributed by atoms with Gasteiger partial charge in [-0.3, -0.25) is 9.88 Å². The first-order chi connectivity index (χ1) is 15.2. The number of benzene rings is 1. The molecule has 6 nitrogen and oxygen atoms in total. The number of pyridine rings is 1. The van der Waals surface area contributed by atoms with Gasteiger partial charge < -0.3 is 9.47 Å². The van der Waals surface area contributed by atoms with Crippen LogP contribution in [0.25, 0.3) is 11.1 Å². The molecule has 3 aromatic rings. The molecule has 0 unspecified atom stereocenters. The van der Waals surface area contributed by atoms with Crippen molar-refractivity contribution in [2.24, 2.45) is 0 Å². The van der Waals surface area contributed by atoms with Gasteiger partial charge in [0.15, 0.2) is 0 Å². The molecule has 6 heteroatoms. The Hall–Kier alpha value is -2.83. The van der Waals surface area contributed by atoms with Crippen LogP contribution in [-0.2, 0) is 17.9 Å². The van der Waals surface area contributed by atoms with Crippen molar-refractivity contribution in [3.63, 3.8) is 0 Å². The molecule has 0 aliphatic carbocycles. The lowest BCUT2D eigenvalue weighted by Gasteiger charge is -2.26. The van der Waals surface area contributed by atoms with E-state index in [0.29, 0.717) is 13.2 Å². The minimum atomic E-state index is 0.281. The van der Waals surface area contributed by atoms with Gasteiger partial charge in [-0.25, -0.2) is 9.97 Å². The molecule has 1 aliphatic rings. The van der Waals surface area contributed by atoms with Gasteiger partial charge in [-0.2, -0.15) is 0 Å². The quantitative estimate of drug-likeness (QED) is 0.527. The number of hydrogen-bond acceptors (Lipinski definition) is 6. The number of likely N-dealkylation sites (tertiary alicyclic amines) is 1. The standard InChI is InChI=1S/C25H30N4O2/c1-4-31-25-8-7-19(16-30-3)11-21(25)15-29-9-5-6-24(29)23-12-20(10-18(2)28-23)22-13-26-17-27-14-22/h7-8,10-14,17,24H,4-6,9,15-16H2,1-3H3/t24-/m0/s1. The van der Waals surface area contributed by atoms with Crippen molar-refractivity contribution in [3.05, 3.63) is 71.6 Å². The molecule has 0 saturated carbocycles. The second-order valence-corrected chi connectivity index (χ2v) is 7.99. The SMILES string of the molecule is CCOc1ccc(COC)cc1CN1CCC[C@H]1c1cc(-c2cncnc2)cc(C)n1. The molecular formula is C25H30N4O2. The van der Waals surface area contributed by atoms with Gasteiger partial charge in [-0.15, -0.1) is 0 Å². The van der Waals surface area contributed by atoms with Crippen molar-refractivity contribution in [1.82, 2.24) is 19.9 Å². The Morgan fingerprint density at radius 3 is 2.71 bits per heavy atom. The minimum Gasteiger partial charge on any atom is -0.494 e. The van der Waals surface area contributed by atoms with Crippen molar-refractivity contribution < 1.29 is 9.47 Å². The van der Waals surface area contributed by atoms with Crippen LogP contribution in [0.5, 0.6) is 5.75 Å². The number of hydrogen-bond donors (Lipinski definition) is 0. The highest BCUT2D eigenvalue weighted by molar-refractivity contribution is 5.62. The molecule has 1 saturated heterocycles. The predicted octanol–water partition coefficient (Wildman–Crippen LogP) is 4.73. The van der Waals surface area contributed by atoms with E-state index in [4.69, 9.17) is 14.5 Å². The summed E-state index contributed by atoms with van der Waals surface area (Å²) in [6.45, 7) is 7.21. The first-order valence-electron chi connectivity index (χ1n) is 10.9. The summed E-state index contributed by atoms with van der Waals surface area (Å²) < 4.78 is 11.3. The summed E-state index contributed by atoms with van der Waals surface area (Å²) in [6.07, 6.45) is 7.53. The van der Waals surface area contributed by atoms with Crippen LogP contribution in [0.3, 0.4) is 0 Å².